The van der Waals surface area contributed by atoms with Crippen molar-refractivity contribution in [3.05, 3.63) is 246 Å². The Balaban J connectivity index is 0.000000173. The molecule has 0 aliphatic rings. The molecule has 13 N–H and O–H groups in total. The molecule has 12 rings (SSSR count). The molecule has 102 heavy (non-hydrogen) atoms. The summed E-state index contributed by atoms with van der Waals surface area (Å²) in [6.45, 7) is 3.57. The van der Waals surface area contributed by atoms with Crippen molar-refractivity contribution in [1.82, 2.24) is 0 Å². The second-order valence-corrected chi connectivity index (χ2v) is 28.8. The van der Waals surface area contributed by atoms with Crippen molar-refractivity contribution in [3.63, 3.8) is 0 Å². The van der Waals surface area contributed by atoms with Gasteiger partial charge in [0.25, 0.3) is 0 Å². The summed E-state index contributed by atoms with van der Waals surface area (Å²) >= 11 is 26.9. The van der Waals surface area contributed by atoms with Crippen LogP contribution in [0.25, 0.3) is 43.9 Å². The zero-order valence-electron chi connectivity index (χ0n) is 63.6. The van der Waals surface area contributed by atoms with Crippen LogP contribution >= 0.6 is 127 Å². The number of fused-ring (bicyclic) bond motifs is 4. The number of hydrogen-bond donors (Lipinski definition) is 13. The van der Waals surface area contributed by atoms with Gasteiger partial charge in [-0.15, -0.1) is 0 Å². The molecule has 0 bridgehead atoms. The number of hydrogen-bond acceptors (Lipinski definition) is 21. The van der Waals surface area contributed by atoms with Crippen LogP contribution in [0.5, 0.6) is 23.0 Å². The molecule has 0 amide bonds. The second-order valence-electron chi connectivity index (χ2n) is 22.0. The number of aromatic hydroxyl groups is 4. The number of phenolic OH excluding ortho intramolecular Hbond substituents is 3. The monoisotopic (exact) mass is 1910 g/mol. The van der Waals surface area contributed by atoms with Crippen LogP contribution in [0, 0.1) is 27.7 Å². The zero-order valence-corrected chi connectivity index (χ0v) is 65.3. The first-order chi connectivity index (χ1) is 52.9. The largest absolute Gasteiger partial charge is 0.508 e. The molecule has 0 spiro atoms. The Labute approximate surface area is 661 Å². The van der Waals surface area contributed by atoms with Gasteiger partial charge in [-0.3, -0.25) is 19.2 Å². The fourth-order valence-electron chi connectivity index (χ4n) is 9.77. The smallest absolute Gasteiger partial charge is 0.197 e. The highest BCUT2D eigenvalue weighted by molar-refractivity contribution is 9.12. The highest BCUT2D eigenvalue weighted by Gasteiger charge is 2.32. The number of furan rings is 4. The first-order valence-electron chi connectivity index (χ1n) is 34.7. The number of para-hydroxylation sites is 1. The summed E-state index contributed by atoms with van der Waals surface area (Å²) in [5.74, 6) is -7.01. The minimum Gasteiger partial charge on any atom is -0.508 e. The van der Waals surface area contributed by atoms with E-state index in [-0.39, 0.29) is 117 Å². The van der Waals surface area contributed by atoms with Crippen LogP contribution < -0.4 is 0 Å². The standard InChI is InChI=1S/C19H16Br2O6.C18H14Br2O6.C18H14Br2O5.C18H14Br2O4/c1-8-12(20)2-9(3-13(8)21)18(26)17-11-5-14(24)10(6-22)4-16(11)27-19(17)15(25)7-23;1-7-10(19)2-8(3-11(7)20)17(25)16-9-4-12(22)13(23)5-15(9)26-18(16)14(24)6-21;1-8-12(19)4-9(5-13(8)20)17(24)16-11-3-2-10(22)6-15(11)25-18(16)14(23)7-21;1-9-12(19)6-10(7-13(9)20)17(23)16-11-4-2-3-5-15(11)24-18(16)14(22)8-21/h2-5,15,22-25H,6-7H2,1H3;2-5,14,21-24H,6H2,1H3;2-6,14,21-23H,7H2,1H3;2-7,14,21-22H,8H2,1H3/i2*4D,5D;2D,3D,6D;2D,3D,4D,5D. The van der Waals surface area contributed by atoms with Crippen LogP contribution in [0.2, 0.25) is 0 Å². The molecule has 0 saturated carbocycles. The summed E-state index contributed by atoms with van der Waals surface area (Å²) in [7, 11) is 0. The molecule has 0 aliphatic carbocycles. The number of halogens is 8. The number of ketones is 4. The molecular formula is C73H58Br8O21. The average Bonchev–Trinajstić information content (AvgIpc) is 1.62. The fraction of sp³-hybridized carbons (Fsp3) is 0.178. The summed E-state index contributed by atoms with van der Waals surface area (Å²) < 4.78 is 115. The molecule has 0 aliphatic heterocycles. The normalized spacial score (nSPS) is 14.0. The zero-order chi connectivity index (χ0) is 84.4. The van der Waals surface area contributed by atoms with Crippen LogP contribution in [0.3, 0.4) is 0 Å². The molecule has 4 heterocycles. The Morgan fingerprint density at radius 1 is 0.363 bits per heavy atom. The van der Waals surface area contributed by atoms with Gasteiger partial charge in [0.2, 0.25) is 0 Å². The van der Waals surface area contributed by atoms with Gasteiger partial charge in [0, 0.05) is 97.2 Å². The summed E-state index contributed by atoms with van der Waals surface area (Å²) in [4.78, 5) is 53.2. The van der Waals surface area contributed by atoms with Gasteiger partial charge < -0.3 is 84.1 Å². The topological polar surface area (TPSA) is 384 Å². The van der Waals surface area contributed by atoms with Gasteiger partial charge in [-0.05, 0) is 135 Å². The summed E-state index contributed by atoms with van der Waals surface area (Å²) in [6, 6.07) is 6.58. The number of benzene rings is 8. The van der Waals surface area contributed by atoms with Crippen LogP contribution in [0.1, 0.15) is 154 Å². The van der Waals surface area contributed by atoms with E-state index in [4.69, 9.17) is 32.7 Å². The lowest BCUT2D eigenvalue weighted by Crippen LogP contribution is -2.09. The Bertz CT molecular complexity index is 5430. The van der Waals surface area contributed by atoms with E-state index < -0.39 is 170 Å². The van der Waals surface area contributed by atoms with Gasteiger partial charge in [-0.25, -0.2) is 0 Å². The van der Waals surface area contributed by atoms with E-state index in [1.807, 2.05) is 27.7 Å². The lowest BCUT2D eigenvalue weighted by Gasteiger charge is -2.09. The summed E-state index contributed by atoms with van der Waals surface area (Å²) in [5.41, 5.74) is 1.89. The predicted octanol–water partition coefficient (Wildman–Crippen LogP) is 16.4. The van der Waals surface area contributed by atoms with Crippen molar-refractivity contribution in [2.75, 3.05) is 26.4 Å². The van der Waals surface area contributed by atoms with E-state index in [9.17, 15) is 85.6 Å². The SMILES string of the molecule is [2H]c1c(CO)c(O)c([2H])c2c(C(=O)c3cc(Br)c(C)c(Br)c3)c(C(O)CO)oc12.[2H]c1c(O)c(O)c([2H])c2c(C(=O)c3cc(Br)c(C)c(Br)c3)c(C(O)CO)oc12.[2H]c1c(O)c([2H])c2oc(C(O)CO)c(C(=O)c3cc(Br)c(C)c(Br)c3)c2c1[2H].[2H]c1c([2H])c([2H])c2c(C(=O)c3cc(Br)c(C)c(Br)c3)c(C(O)CO)oc2c1[2H]. The maximum atomic E-state index is 13.3. The van der Waals surface area contributed by atoms with Crippen molar-refractivity contribution in [1.29, 1.82) is 0 Å². The molecule has 0 radical (unpaired) electrons. The first-order valence-corrected chi connectivity index (χ1v) is 35.6. The van der Waals surface area contributed by atoms with Crippen LogP contribution in [0.4, 0.5) is 0 Å². The van der Waals surface area contributed by atoms with Crippen LogP contribution in [-0.4, -0.2) is 116 Å². The third-order valence-corrected chi connectivity index (χ3v) is 21.9. The van der Waals surface area contributed by atoms with Gasteiger partial charge in [-0.2, -0.15) is 0 Å². The second kappa shape index (κ2) is 33.6. The van der Waals surface area contributed by atoms with Gasteiger partial charge >= 0.3 is 0 Å². The predicted molar refractivity (Wildman–Crippen MR) is 406 cm³/mol. The van der Waals surface area contributed by atoms with Crippen molar-refractivity contribution >= 4 is 194 Å². The molecule has 532 valence electrons. The average molecular weight is 1920 g/mol. The van der Waals surface area contributed by atoms with E-state index in [0.29, 0.717) is 35.8 Å². The lowest BCUT2D eigenvalue weighted by atomic mass is 9.97. The molecular weight excluding hydrogens is 1850 g/mol. The maximum absolute atomic E-state index is 13.3. The molecule has 0 saturated heterocycles. The van der Waals surface area contributed by atoms with Crippen molar-refractivity contribution in [2.24, 2.45) is 0 Å². The van der Waals surface area contributed by atoms with E-state index in [1.54, 1.807) is 48.5 Å². The maximum Gasteiger partial charge on any atom is 0.197 e. The number of aliphatic hydroxyl groups excluding tert-OH is 9. The fourth-order valence-corrected chi connectivity index (χ4v) is 14.5. The van der Waals surface area contributed by atoms with Gasteiger partial charge in [-0.1, -0.05) is 146 Å². The first kappa shape index (κ1) is 64.8. The van der Waals surface area contributed by atoms with Crippen LogP contribution in [0.15, 0.2) is 168 Å². The molecule has 0 fully saturated rings. The Hall–Kier alpha value is -6.72. The molecule has 12 aromatic rings. The summed E-state index contributed by atoms with van der Waals surface area (Å²) in [5, 5.41) is 127. The Morgan fingerprint density at radius 3 is 0.971 bits per heavy atom. The summed E-state index contributed by atoms with van der Waals surface area (Å²) in [6.07, 6.45) is -6.34. The third-order valence-electron chi connectivity index (χ3n) is 15.3. The minimum absolute atomic E-state index is 0.133. The highest BCUT2D eigenvalue weighted by Crippen LogP contribution is 2.43. The molecule has 4 unspecified atom stereocenters. The Morgan fingerprint density at radius 2 is 0.637 bits per heavy atom. The molecule has 29 heteroatoms. The van der Waals surface area contributed by atoms with E-state index in [2.05, 4.69) is 127 Å². The van der Waals surface area contributed by atoms with E-state index in [1.165, 1.54) is 0 Å². The highest BCUT2D eigenvalue weighted by atomic mass is 79.9. The number of carbonyl (C=O) groups is 4. The molecule has 21 nitrogen and oxygen atoms in total. The van der Waals surface area contributed by atoms with Crippen LogP contribution in [-0.2, 0) is 6.61 Å². The van der Waals surface area contributed by atoms with Crippen molar-refractivity contribution in [2.45, 2.75) is 58.7 Å². The van der Waals surface area contributed by atoms with Crippen molar-refractivity contribution < 1.29 is 118 Å². The number of rotatable bonds is 17. The van der Waals surface area contributed by atoms with E-state index >= 15 is 0 Å². The van der Waals surface area contributed by atoms with Gasteiger partial charge in [0.1, 0.15) is 81.3 Å². The van der Waals surface area contributed by atoms with Gasteiger partial charge in [0.15, 0.2) is 34.6 Å². The quantitative estimate of drug-likeness (QED) is 0.0297. The molecule has 8 aromatic carbocycles. The Kier molecular flexibility index (Phi) is 21.4. The number of phenols is 4. The lowest BCUT2D eigenvalue weighted by molar-refractivity contribution is 0.0767. The van der Waals surface area contributed by atoms with Crippen molar-refractivity contribution in [3.8, 4) is 23.0 Å². The molecule has 4 atom stereocenters. The van der Waals surface area contributed by atoms with Gasteiger partial charge in [0.05, 0.1) is 70.4 Å². The minimum atomic E-state index is -1.60. The third kappa shape index (κ3) is 16.5. The number of aliphatic hydroxyl groups is 9. The number of carbonyl (C=O) groups excluding carboxylic acids is 4. The molecule has 4 aromatic heterocycles. The van der Waals surface area contributed by atoms with E-state index in [0.717, 1.165) is 22.3 Å².